The molecule has 0 saturated heterocycles. The third-order valence-electron chi connectivity index (χ3n) is 3.79. The Hall–Kier alpha value is -1.65. The van der Waals surface area contributed by atoms with E-state index in [2.05, 4.69) is 23.8 Å². The smallest absolute Gasteiger partial charge is 0.272 e. The van der Waals surface area contributed by atoms with E-state index in [-0.39, 0.29) is 11.5 Å². The van der Waals surface area contributed by atoms with Crippen LogP contribution in [-0.4, -0.2) is 33.9 Å². The maximum Gasteiger partial charge on any atom is 0.272 e. The van der Waals surface area contributed by atoms with Crippen LogP contribution in [0, 0.1) is 0 Å². The maximum absolute atomic E-state index is 12.6. The number of nitrogens with zero attached hydrogens (tertiary/aromatic N) is 2. The van der Waals surface area contributed by atoms with Crippen LogP contribution >= 0.6 is 0 Å². The average molecular weight is 291 g/mol. The lowest BCUT2D eigenvalue weighted by molar-refractivity contribution is 0.0744. The molecule has 2 rings (SSSR count). The van der Waals surface area contributed by atoms with Gasteiger partial charge in [0.2, 0.25) is 0 Å². The SMILES string of the molecule is CCCCN(CCCC)C(=O)c1cc(=O)[nH]c(C2CC2)n1. The Morgan fingerprint density at radius 2 is 1.90 bits per heavy atom. The Bertz CT molecular complexity index is 527. The Morgan fingerprint density at radius 1 is 1.29 bits per heavy atom. The van der Waals surface area contributed by atoms with Crippen molar-refractivity contribution in [2.75, 3.05) is 13.1 Å². The molecule has 0 bridgehead atoms. The zero-order valence-corrected chi connectivity index (χ0v) is 13.0. The summed E-state index contributed by atoms with van der Waals surface area (Å²) in [4.78, 5) is 33.3. The van der Waals surface area contributed by atoms with E-state index < -0.39 is 0 Å². The minimum Gasteiger partial charge on any atom is -0.337 e. The van der Waals surface area contributed by atoms with Gasteiger partial charge in [-0.2, -0.15) is 0 Å². The number of carbonyl (C=O) groups excluding carboxylic acids is 1. The van der Waals surface area contributed by atoms with Crippen LogP contribution in [0.25, 0.3) is 0 Å². The van der Waals surface area contributed by atoms with Gasteiger partial charge in [-0.3, -0.25) is 9.59 Å². The summed E-state index contributed by atoms with van der Waals surface area (Å²) in [5, 5.41) is 0. The molecule has 0 unspecified atom stereocenters. The second-order valence-corrected chi connectivity index (χ2v) is 5.79. The Morgan fingerprint density at radius 3 is 2.43 bits per heavy atom. The fourth-order valence-electron chi connectivity index (χ4n) is 2.31. The average Bonchev–Trinajstić information content (AvgIpc) is 3.31. The van der Waals surface area contributed by atoms with E-state index in [4.69, 9.17) is 0 Å². The highest BCUT2D eigenvalue weighted by Crippen LogP contribution is 2.37. The number of amides is 1. The summed E-state index contributed by atoms with van der Waals surface area (Å²) < 4.78 is 0. The van der Waals surface area contributed by atoms with Gasteiger partial charge in [0, 0.05) is 25.1 Å². The highest BCUT2D eigenvalue weighted by Gasteiger charge is 2.27. The fraction of sp³-hybridized carbons (Fsp3) is 0.688. The molecule has 1 fully saturated rings. The van der Waals surface area contributed by atoms with Gasteiger partial charge >= 0.3 is 0 Å². The molecule has 1 saturated carbocycles. The molecule has 0 atom stereocenters. The molecule has 5 nitrogen and oxygen atoms in total. The van der Waals surface area contributed by atoms with E-state index in [9.17, 15) is 9.59 Å². The zero-order valence-electron chi connectivity index (χ0n) is 13.0. The van der Waals surface area contributed by atoms with Crippen LogP contribution < -0.4 is 5.56 Å². The third-order valence-corrected chi connectivity index (χ3v) is 3.79. The molecule has 1 heterocycles. The molecule has 1 aromatic heterocycles. The molecule has 1 aromatic rings. The van der Waals surface area contributed by atoms with E-state index in [0.717, 1.165) is 51.6 Å². The van der Waals surface area contributed by atoms with Crippen LogP contribution in [0.5, 0.6) is 0 Å². The lowest BCUT2D eigenvalue weighted by Crippen LogP contribution is -2.34. The number of H-pyrrole nitrogens is 1. The highest BCUT2D eigenvalue weighted by molar-refractivity contribution is 5.92. The largest absolute Gasteiger partial charge is 0.337 e. The van der Waals surface area contributed by atoms with Crippen LogP contribution in [0.3, 0.4) is 0 Å². The van der Waals surface area contributed by atoms with Crippen molar-refractivity contribution in [2.45, 2.75) is 58.3 Å². The Balaban J connectivity index is 2.16. The van der Waals surface area contributed by atoms with E-state index in [1.165, 1.54) is 6.07 Å². The third kappa shape index (κ3) is 4.41. The lowest BCUT2D eigenvalue weighted by Gasteiger charge is -2.22. The van der Waals surface area contributed by atoms with Crippen LogP contribution in [-0.2, 0) is 0 Å². The predicted octanol–water partition coefficient (Wildman–Crippen LogP) is 2.69. The molecule has 1 aliphatic rings. The first-order valence-corrected chi connectivity index (χ1v) is 8.06. The van der Waals surface area contributed by atoms with E-state index in [0.29, 0.717) is 17.4 Å². The van der Waals surface area contributed by atoms with Crippen molar-refractivity contribution in [3.63, 3.8) is 0 Å². The molecule has 0 aliphatic heterocycles. The second-order valence-electron chi connectivity index (χ2n) is 5.79. The molecule has 0 aromatic carbocycles. The number of rotatable bonds is 8. The van der Waals surface area contributed by atoms with Gasteiger partial charge in [-0.25, -0.2) is 4.98 Å². The summed E-state index contributed by atoms with van der Waals surface area (Å²) >= 11 is 0. The molecular weight excluding hydrogens is 266 g/mol. The van der Waals surface area contributed by atoms with Crippen molar-refractivity contribution in [2.24, 2.45) is 0 Å². The van der Waals surface area contributed by atoms with E-state index >= 15 is 0 Å². The van der Waals surface area contributed by atoms with Gasteiger partial charge in [-0.15, -0.1) is 0 Å². The molecule has 0 spiro atoms. The first-order chi connectivity index (χ1) is 10.2. The molecule has 21 heavy (non-hydrogen) atoms. The Kier molecular flexibility index (Phi) is 5.53. The van der Waals surface area contributed by atoms with Gasteiger partial charge in [0.1, 0.15) is 11.5 Å². The summed E-state index contributed by atoms with van der Waals surface area (Å²) in [7, 11) is 0. The lowest BCUT2D eigenvalue weighted by atomic mass is 10.2. The van der Waals surface area contributed by atoms with E-state index in [1.807, 2.05) is 4.90 Å². The predicted molar refractivity (Wildman–Crippen MR) is 82.6 cm³/mol. The summed E-state index contributed by atoms with van der Waals surface area (Å²) in [5.74, 6) is 0.909. The first kappa shape index (κ1) is 15.7. The van der Waals surface area contributed by atoms with Crippen molar-refractivity contribution < 1.29 is 4.79 Å². The highest BCUT2D eigenvalue weighted by atomic mass is 16.2. The van der Waals surface area contributed by atoms with Crippen LogP contribution in [0.4, 0.5) is 0 Å². The number of aromatic amines is 1. The molecule has 1 amide bonds. The molecule has 1 aliphatic carbocycles. The van der Waals surface area contributed by atoms with Crippen molar-refractivity contribution in [1.29, 1.82) is 0 Å². The molecule has 1 N–H and O–H groups in total. The van der Waals surface area contributed by atoms with Gasteiger partial charge in [-0.05, 0) is 25.7 Å². The molecule has 5 heteroatoms. The quantitative estimate of drug-likeness (QED) is 0.800. The summed E-state index contributed by atoms with van der Waals surface area (Å²) in [5.41, 5.74) is 0.0778. The first-order valence-electron chi connectivity index (χ1n) is 8.06. The Labute approximate surface area is 125 Å². The van der Waals surface area contributed by atoms with Crippen molar-refractivity contribution in [3.05, 3.63) is 27.9 Å². The van der Waals surface area contributed by atoms with Crippen molar-refractivity contribution in [3.8, 4) is 0 Å². The number of carbonyl (C=O) groups is 1. The summed E-state index contributed by atoms with van der Waals surface area (Å²) in [6.45, 7) is 5.70. The number of aromatic nitrogens is 2. The standard InChI is InChI=1S/C16H25N3O2/c1-3-5-9-19(10-6-4-2)16(21)13-11-14(20)18-15(17-13)12-7-8-12/h11-12H,3-10H2,1-2H3,(H,17,18,20). The van der Waals surface area contributed by atoms with Gasteiger partial charge in [0.25, 0.3) is 11.5 Å². The molecule has 0 radical (unpaired) electrons. The fourth-order valence-corrected chi connectivity index (χ4v) is 2.31. The van der Waals surface area contributed by atoms with Crippen molar-refractivity contribution in [1.82, 2.24) is 14.9 Å². The topological polar surface area (TPSA) is 66.1 Å². The second kappa shape index (κ2) is 7.38. The molecular formula is C16H25N3O2. The van der Waals surface area contributed by atoms with E-state index in [1.54, 1.807) is 0 Å². The van der Waals surface area contributed by atoms with Crippen molar-refractivity contribution >= 4 is 5.91 Å². The minimum absolute atomic E-state index is 0.107. The van der Waals surface area contributed by atoms with Gasteiger partial charge < -0.3 is 9.88 Å². The normalized spacial score (nSPS) is 14.2. The maximum atomic E-state index is 12.6. The number of hydrogen-bond donors (Lipinski definition) is 1. The zero-order chi connectivity index (χ0) is 15.2. The number of unbranched alkanes of at least 4 members (excludes halogenated alkanes) is 2. The van der Waals surface area contributed by atoms with Gasteiger partial charge in [-0.1, -0.05) is 26.7 Å². The monoisotopic (exact) mass is 291 g/mol. The van der Waals surface area contributed by atoms with Crippen LogP contribution in [0.2, 0.25) is 0 Å². The summed E-state index contributed by atoms with van der Waals surface area (Å²) in [6, 6.07) is 1.33. The number of nitrogens with one attached hydrogen (secondary N) is 1. The van der Waals surface area contributed by atoms with Gasteiger partial charge in [0.15, 0.2) is 0 Å². The van der Waals surface area contributed by atoms with Crippen LogP contribution in [0.1, 0.15) is 74.6 Å². The van der Waals surface area contributed by atoms with Gasteiger partial charge in [0.05, 0.1) is 0 Å². The number of hydrogen-bond acceptors (Lipinski definition) is 3. The summed E-state index contributed by atoms with van der Waals surface area (Å²) in [6.07, 6.45) is 6.16. The van der Waals surface area contributed by atoms with Crippen LogP contribution in [0.15, 0.2) is 10.9 Å². The molecule has 116 valence electrons. The minimum atomic E-state index is -0.221.